The van der Waals surface area contributed by atoms with E-state index in [9.17, 15) is 8.68 Å². The third-order valence-electron chi connectivity index (χ3n) is 4.25. The Labute approximate surface area is 188 Å². The van der Waals surface area contributed by atoms with Crippen LogP contribution in [0, 0.1) is 0 Å². The number of ether oxygens (including phenoxy) is 3. The highest BCUT2D eigenvalue weighted by Crippen LogP contribution is 2.31. The molecule has 1 amide bonds. The lowest BCUT2D eigenvalue weighted by Crippen LogP contribution is -2.31. The maximum absolute atomic E-state index is 12.6. The van der Waals surface area contributed by atoms with E-state index in [1.54, 1.807) is 36.1 Å². The molecule has 2 aromatic rings. The second-order valence-electron chi connectivity index (χ2n) is 6.46. The topological polar surface area (TPSA) is 99.5 Å². The van der Waals surface area contributed by atoms with E-state index in [2.05, 4.69) is 20.7 Å². The maximum atomic E-state index is 12.6. The molecule has 1 atom stereocenters. The van der Waals surface area contributed by atoms with E-state index in [4.69, 9.17) is 25.8 Å². The van der Waals surface area contributed by atoms with Gasteiger partial charge >= 0.3 is 0 Å². The van der Waals surface area contributed by atoms with E-state index in [-0.39, 0.29) is 38.0 Å². The summed E-state index contributed by atoms with van der Waals surface area (Å²) in [4.78, 5) is 16.4. The molecule has 3 rings (SSSR count). The van der Waals surface area contributed by atoms with Crippen LogP contribution in [0.3, 0.4) is 0 Å². The third kappa shape index (κ3) is 6.74. The highest BCUT2D eigenvalue weighted by molar-refractivity contribution is 7.94. The standard InChI is InChI=1S/C19H23ClFN5O4S/c1-13(31-21)28-7-8-29-16-4-3-14(9-15(16)20)18-17(24-12-30-18)19(27)23-5-2-6-26-11-22-10-25-26/h3-4,9-11,13,24H,2,5-8,12H2,1H3,(H,23,27). The summed E-state index contributed by atoms with van der Waals surface area (Å²) in [6, 6.07) is 5.11. The van der Waals surface area contributed by atoms with Gasteiger partial charge < -0.3 is 24.8 Å². The van der Waals surface area contributed by atoms with E-state index in [0.717, 1.165) is 0 Å². The predicted octanol–water partition coefficient (Wildman–Crippen LogP) is 2.74. The summed E-state index contributed by atoms with van der Waals surface area (Å²) in [5, 5.41) is 10.2. The van der Waals surface area contributed by atoms with Crippen LogP contribution in [0.25, 0.3) is 5.76 Å². The van der Waals surface area contributed by atoms with Gasteiger partial charge in [-0.05, 0) is 31.5 Å². The van der Waals surface area contributed by atoms with Gasteiger partial charge in [0.1, 0.15) is 36.1 Å². The summed E-state index contributed by atoms with van der Waals surface area (Å²) in [7, 11) is 0. The number of aryl methyl sites for hydroxylation is 1. The number of hydrogen-bond acceptors (Lipinski definition) is 8. The lowest BCUT2D eigenvalue weighted by molar-refractivity contribution is -0.117. The van der Waals surface area contributed by atoms with Crippen molar-refractivity contribution < 1.29 is 22.9 Å². The molecule has 2 N–H and O–H groups in total. The number of rotatable bonds is 12. The van der Waals surface area contributed by atoms with Crippen molar-refractivity contribution >= 4 is 35.4 Å². The van der Waals surface area contributed by atoms with Crippen LogP contribution in [0.15, 0.2) is 36.6 Å². The first-order chi connectivity index (χ1) is 15.1. The molecule has 0 spiro atoms. The molecule has 0 aliphatic carbocycles. The minimum absolute atomic E-state index is 0.130. The summed E-state index contributed by atoms with van der Waals surface area (Å²) in [6.07, 6.45) is 3.81. The first-order valence-corrected chi connectivity index (χ1v) is 10.8. The van der Waals surface area contributed by atoms with E-state index in [0.29, 0.717) is 47.3 Å². The molecular weight excluding hydrogens is 449 g/mol. The largest absolute Gasteiger partial charge is 0.490 e. The second-order valence-corrected chi connectivity index (χ2v) is 7.71. The Morgan fingerprint density at radius 3 is 3.10 bits per heavy atom. The van der Waals surface area contributed by atoms with Crippen molar-refractivity contribution in [3.8, 4) is 5.75 Å². The first kappa shape index (κ1) is 23.2. The van der Waals surface area contributed by atoms with Crippen LogP contribution in [-0.2, 0) is 20.8 Å². The Hall–Kier alpha value is -2.50. The van der Waals surface area contributed by atoms with Gasteiger partial charge in [-0.3, -0.25) is 9.48 Å². The summed E-state index contributed by atoms with van der Waals surface area (Å²) in [6.45, 7) is 3.40. The van der Waals surface area contributed by atoms with Gasteiger partial charge in [-0.2, -0.15) is 8.98 Å². The number of carbonyl (C=O) groups is 1. The summed E-state index contributed by atoms with van der Waals surface area (Å²) < 4.78 is 30.4. The van der Waals surface area contributed by atoms with E-state index in [1.165, 1.54) is 6.33 Å². The van der Waals surface area contributed by atoms with Crippen LogP contribution in [0.4, 0.5) is 3.89 Å². The van der Waals surface area contributed by atoms with Crippen molar-refractivity contribution in [1.29, 1.82) is 0 Å². The van der Waals surface area contributed by atoms with Crippen LogP contribution in [-0.4, -0.2) is 52.6 Å². The minimum atomic E-state index is -0.549. The van der Waals surface area contributed by atoms with Crippen molar-refractivity contribution in [2.75, 3.05) is 26.5 Å². The summed E-state index contributed by atoms with van der Waals surface area (Å²) in [5.74, 6) is 0.610. The minimum Gasteiger partial charge on any atom is -0.490 e. The second kappa shape index (κ2) is 11.8. The molecule has 168 valence electrons. The molecule has 0 saturated heterocycles. The normalized spacial score (nSPS) is 14.2. The number of hydrogen-bond donors (Lipinski definition) is 2. The molecule has 1 aromatic carbocycles. The molecule has 0 fully saturated rings. The molecule has 1 aliphatic rings. The SMILES string of the molecule is CC(OCCOc1ccc(C2=C(C(=O)NCCCn3cncn3)NCO2)cc1Cl)SF. The van der Waals surface area contributed by atoms with Gasteiger partial charge in [0, 0.05) is 18.7 Å². The van der Waals surface area contributed by atoms with Crippen LogP contribution in [0.2, 0.25) is 5.02 Å². The van der Waals surface area contributed by atoms with Gasteiger partial charge in [0.2, 0.25) is 0 Å². The van der Waals surface area contributed by atoms with E-state index < -0.39 is 5.44 Å². The fraction of sp³-hybridized carbons (Fsp3) is 0.421. The van der Waals surface area contributed by atoms with E-state index >= 15 is 0 Å². The van der Waals surface area contributed by atoms with Gasteiger partial charge in [0.05, 0.1) is 23.8 Å². The van der Waals surface area contributed by atoms with Crippen molar-refractivity contribution in [2.45, 2.75) is 25.3 Å². The lowest BCUT2D eigenvalue weighted by Gasteiger charge is -2.12. The van der Waals surface area contributed by atoms with Crippen LogP contribution >= 0.6 is 23.7 Å². The zero-order valence-electron chi connectivity index (χ0n) is 16.8. The average Bonchev–Trinajstić information content (AvgIpc) is 3.47. The Morgan fingerprint density at radius 1 is 1.48 bits per heavy atom. The molecule has 12 heteroatoms. The van der Waals surface area contributed by atoms with Crippen LogP contribution in [0.5, 0.6) is 5.75 Å². The Bertz CT molecular complexity index is 899. The molecular formula is C19H23ClFN5O4S. The average molecular weight is 472 g/mol. The van der Waals surface area contributed by atoms with Crippen LogP contribution < -0.4 is 15.4 Å². The van der Waals surface area contributed by atoms with Gasteiger partial charge in [0.15, 0.2) is 12.5 Å². The van der Waals surface area contributed by atoms with Crippen LogP contribution in [0.1, 0.15) is 18.9 Å². The quantitative estimate of drug-likeness (QED) is 0.360. The third-order valence-corrected chi connectivity index (χ3v) is 4.93. The number of halogens is 2. The zero-order chi connectivity index (χ0) is 22.1. The number of amides is 1. The Kier molecular flexibility index (Phi) is 8.80. The lowest BCUT2D eigenvalue weighted by atomic mass is 10.1. The molecule has 1 aromatic heterocycles. The van der Waals surface area contributed by atoms with Gasteiger partial charge in [0.25, 0.3) is 5.91 Å². The Balaban J connectivity index is 1.54. The van der Waals surface area contributed by atoms with Crippen molar-refractivity contribution in [1.82, 2.24) is 25.4 Å². The molecule has 0 bridgehead atoms. The monoisotopic (exact) mass is 471 g/mol. The van der Waals surface area contributed by atoms with Crippen molar-refractivity contribution in [3.05, 3.63) is 47.1 Å². The number of nitrogens with one attached hydrogen (secondary N) is 2. The molecule has 0 saturated carbocycles. The number of aromatic nitrogens is 3. The highest BCUT2D eigenvalue weighted by Gasteiger charge is 2.24. The highest BCUT2D eigenvalue weighted by atomic mass is 35.5. The fourth-order valence-electron chi connectivity index (χ4n) is 2.77. The number of nitrogens with zero attached hydrogens (tertiary/aromatic N) is 3. The van der Waals surface area contributed by atoms with Crippen molar-refractivity contribution in [3.63, 3.8) is 0 Å². The molecule has 31 heavy (non-hydrogen) atoms. The maximum Gasteiger partial charge on any atom is 0.271 e. The first-order valence-electron chi connectivity index (χ1n) is 9.61. The molecule has 9 nitrogen and oxygen atoms in total. The van der Waals surface area contributed by atoms with Gasteiger partial charge in [-0.1, -0.05) is 11.6 Å². The predicted molar refractivity (Wildman–Crippen MR) is 115 cm³/mol. The molecule has 2 heterocycles. The smallest absolute Gasteiger partial charge is 0.271 e. The van der Waals surface area contributed by atoms with E-state index in [1.807, 2.05) is 0 Å². The fourth-order valence-corrected chi connectivity index (χ4v) is 3.16. The van der Waals surface area contributed by atoms with Gasteiger partial charge in [-0.15, -0.1) is 0 Å². The molecule has 0 radical (unpaired) electrons. The Morgan fingerprint density at radius 2 is 2.35 bits per heavy atom. The number of benzene rings is 1. The molecule has 1 unspecified atom stereocenters. The summed E-state index contributed by atoms with van der Waals surface area (Å²) >= 11 is 6.44. The summed E-state index contributed by atoms with van der Waals surface area (Å²) in [5.41, 5.74) is 0.443. The van der Waals surface area contributed by atoms with Crippen molar-refractivity contribution in [2.24, 2.45) is 0 Å². The number of carbonyl (C=O) groups excluding carboxylic acids is 1. The zero-order valence-corrected chi connectivity index (χ0v) is 18.4. The van der Waals surface area contributed by atoms with Gasteiger partial charge in [-0.25, -0.2) is 4.98 Å². The molecule has 1 aliphatic heterocycles.